The minimum absolute atomic E-state index is 0.0177. The van der Waals surface area contributed by atoms with Gasteiger partial charge in [0.1, 0.15) is 12.4 Å². The van der Waals surface area contributed by atoms with Crippen LogP contribution in [0.4, 0.5) is 4.39 Å². The fraction of sp³-hybridized carbons (Fsp3) is 0.286. The summed E-state index contributed by atoms with van der Waals surface area (Å²) in [6.07, 6.45) is 1.51. The molecule has 0 aliphatic rings. The van der Waals surface area contributed by atoms with Crippen LogP contribution in [0.25, 0.3) is 10.9 Å². The number of amides is 1. The summed E-state index contributed by atoms with van der Waals surface area (Å²) in [5.74, 6) is -0.853. The molecule has 3 aromatic rings. The van der Waals surface area contributed by atoms with Gasteiger partial charge in [-0.05, 0) is 44.5 Å². The summed E-state index contributed by atoms with van der Waals surface area (Å²) in [6, 6.07) is 12.5. The number of halogens is 1. The first-order valence-electron chi connectivity index (χ1n) is 8.91. The molecule has 1 amide bonds. The maximum absolute atomic E-state index is 13.1. The van der Waals surface area contributed by atoms with E-state index in [0.29, 0.717) is 16.5 Å². The Bertz CT molecular complexity index is 1110. The molecule has 7 heteroatoms. The smallest absolute Gasteiger partial charge is 0.240 e. The number of carbonyl (C=O) groups excluding carboxylic acids is 1. The van der Waals surface area contributed by atoms with E-state index >= 15 is 0 Å². The van der Waals surface area contributed by atoms with Crippen LogP contribution >= 0.6 is 0 Å². The van der Waals surface area contributed by atoms with E-state index in [9.17, 15) is 17.6 Å². The fourth-order valence-electron chi connectivity index (χ4n) is 3.08. The van der Waals surface area contributed by atoms with E-state index in [0.717, 1.165) is 0 Å². The number of sulfone groups is 1. The highest BCUT2D eigenvalue weighted by molar-refractivity contribution is 7.90. The first kappa shape index (κ1) is 20.1. The lowest BCUT2D eigenvalue weighted by Gasteiger charge is -2.20. The molecule has 0 radical (unpaired) electrons. The number of nitrogens with zero attached hydrogens (tertiary/aromatic N) is 1. The first-order chi connectivity index (χ1) is 13.0. The second-order valence-electron chi connectivity index (χ2n) is 7.82. The SMILES string of the molecule is CC(C)(C)NC(=O)Cn1cc(S(=O)(=O)Cc2ccc(F)cc2)c2ccccc21. The lowest BCUT2D eigenvalue weighted by molar-refractivity contribution is -0.123. The van der Waals surface area contributed by atoms with Crippen molar-refractivity contribution in [3.05, 3.63) is 66.1 Å². The van der Waals surface area contributed by atoms with Gasteiger partial charge in [-0.15, -0.1) is 0 Å². The van der Waals surface area contributed by atoms with Crippen molar-refractivity contribution in [2.45, 2.75) is 43.5 Å². The molecule has 0 spiro atoms. The summed E-state index contributed by atoms with van der Waals surface area (Å²) in [5, 5.41) is 3.44. The highest BCUT2D eigenvalue weighted by Gasteiger charge is 2.23. The number of para-hydroxylation sites is 1. The minimum Gasteiger partial charge on any atom is -0.350 e. The van der Waals surface area contributed by atoms with Gasteiger partial charge in [-0.2, -0.15) is 0 Å². The van der Waals surface area contributed by atoms with Crippen LogP contribution in [0.1, 0.15) is 26.3 Å². The molecule has 3 rings (SSSR count). The van der Waals surface area contributed by atoms with Crippen LogP contribution < -0.4 is 5.32 Å². The van der Waals surface area contributed by atoms with Crippen molar-refractivity contribution in [1.29, 1.82) is 0 Å². The Labute approximate surface area is 164 Å². The third kappa shape index (κ3) is 4.59. The van der Waals surface area contributed by atoms with E-state index in [1.807, 2.05) is 20.8 Å². The zero-order chi connectivity index (χ0) is 20.5. The molecule has 1 aromatic heterocycles. The van der Waals surface area contributed by atoms with Crippen LogP contribution in [-0.4, -0.2) is 24.4 Å². The molecule has 0 fully saturated rings. The van der Waals surface area contributed by atoms with Crippen molar-refractivity contribution >= 4 is 26.6 Å². The molecule has 0 bridgehead atoms. The predicted octanol–water partition coefficient (Wildman–Crippen LogP) is 3.67. The van der Waals surface area contributed by atoms with Gasteiger partial charge in [0.2, 0.25) is 5.91 Å². The number of benzene rings is 2. The van der Waals surface area contributed by atoms with Crippen molar-refractivity contribution in [2.75, 3.05) is 0 Å². The number of carbonyl (C=O) groups is 1. The highest BCUT2D eigenvalue weighted by Crippen LogP contribution is 2.28. The van der Waals surface area contributed by atoms with Gasteiger partial charge in [-0.1, -0.05) is 30.3 Å². The number of hydrogen-bond donors (Lipinski definition) is 1. The second kappa shape index (κ2) is 7.39. The van der Waals surface area contributed by atoms with Crippen LogP contribution in [0.2, 0.25) is 0 Å². The van der Waals surface area contributed by atoms with E-state index in [1.165, 1.54) is 30.5 Å². The predicted molar refractivity (Wildman–Crippen MR) is 107 cm³/mol. The molecule has 2 aromatic carbocycles. The molecule has 28 heavy (non-hydrogen) atoms. The molecule has 0 atom stereocenters. The third-order valence-corrected chi connectivity index (χ3v) is 5.89. The normalized spacial score (nSPS) is 12.3. The molecule has 0 unspecified atom stereocenters. The molecule has 0 saturated carbocycles. The van der Waals surface area contributed by atoms with Gasteiger partial charge >= 0.3 is 0 Å². The topological polar surface area (TPSA) is 68.2 Å². The third-order valence-electron chi connectivity index (χ3n) is 4.19. The average molecular weight is 402 g/mol. The van der Waals surface area contributed by atoms with Crippen LogP contribution in [0, 0.1) is 5.82 Å². The van der Waals surface area contributed by atoms with Gasteiger partial charge < -0.3 is 9.88 Å². The van der Waals surface area contributed by atoms with E-state index < -0.39 is 15.7 Å². The largest absolute Gasteiger partial charge is 0.350 e. The summed E-state index contributed by atoms with van der Waals surface area (Å²) in [5.41, 5.74) is 0.797. The number of nitrogens with one attached hydrogen (secondary N) is 1. The number of hydrogen-bond acceptors (Lipinski definition) is 3. The van der Waals surface area contributed by atoms with Gasteiger partial charge in [0.05, 0.1) is 10.6 Å². The molecular formula is C21H23FN2O3S. The van der Waals surface area contributed by atoms with Gasteiger partial charge in [-0.25, -0.2) is 12.8 Å². The van der Waals surface area contributed by atoms with Crippen molar-refractivity contribution in [3.8, 4) is 0 Å². The quantitative estimate of drug-likeness (QED) is 0.708. The maximum Gasteiger partial charge on any atom is 0.240 e. The Balaban J connectivity index is 1.97. The molecule has 0 saturated heterocycles. The van der Waals surface area contributed by atoms with Crippen LogP contribution in [0.5, 0.6) is 0 Å². The van der Waals surface area contributed by atoms with Crippen molar-refractivity contribution in [3.63, 3.8) is 0 Å². The Kier molecular flexibility index (Phi) is 5.30. The van der Waals surface area contributed by atoms with Crippen molar-refractivity contribution in [1.82, 2.24) is 9.88 Å². The summed E-state index contributed by atoms with van der Waals surface area (Å²) in [4.78, 5) is 12.5. The number of fused-ring (bicyclic) bond motifs is 1. The highest BCUT2D eigenvalue weighted by atomic mass is 32.2. The standard InChI is InChI=1S/C21H23FN2O3S/c1-21(2,3)23-20(25)13-24-12-19(17-6-4-5-7-18(17)24)28(26,27)14-15-8-10-16(22)11-9-15/h4-12H,13-14H2,1-3H3,(H,23,25). The number of aromatic nitrogens is 1. The molecule has 5 nitrogen and oxygen atoms in total. The fourth-order valence-corrected chi connectivity index (χ4v) is 4.66. The van der Waals surface area contributed by atoms with Crippen LogP contribution in [0.3, 0.4) is 0 Å². The molecular weight excluding hydrogens is 379 g/mol. The van der Waals surface area contributed by atoms with E-state index in [2.05, 4.69) is 5.32 Å². The van der Waals surface area contributed by atoms with Crippen LogP contribution in [0.15, 0.2) is 59.6 Å². The average Bonchev–Trinajstić information content (AvgIpc) is 2.95. The van der Waals surface area contributed by atoms with E-state index in [-0.39, 0.29) is 28.6 Å². The van der Waals surface area contributed by atoms with Gasteiger partial charge in [0.25, 0.3) is 0 Å². The zero-order valence-corrected chi connectivity index (χ0v) is 16.9. The van der Waals surface area contributed by atoms with Gasteiger partial charge in [0, 0.05) is 22.6 Å². The Morgan fingerprint density at radius 1 is 1.07 bits per heavy atom. The molecule has 0 aliphatic heterocycles. The maximum atomic E-state index is 13.1. The lowest BCUT2D eigenvalue weighted by atomic mass is 10.1. The summed E-state index contributed by atoms with van der Waals surface area (Å²) in [6.45, 7) is 5.68. The van der Waals surface area contributed by atoms with Gasteiger partial charge in [-0.3, -0.25) is 4.79 Å². The Morgan fingerprint density at radius 2 is 1.71 bits per heavy atom. The minimum atomic E-state index is -3.68. The second-order valence-corrected chi connectivity index (χ2v) is 9.78. The Hall–Kier alpha value is -2.67. The first-order valence-corrected chi connectivity index (χ1v) is 10.6. The summed E-state index contributed by atoms with van der Waals surface area (Å²) < 4.78 is 40.8. The lowest BCUT2D eigenvalue weighted by Crippen LogP contribution is -2.42. The zero-order valence-electron chi connectivity index (χ0n) is 16.1. The summed E-state index contributed by atoms with van der Waals surface area (Å²) in [7, 11) is -3.68. The van der Waals surface area contributed by atoms with Crippen molar-refractivity contribution in [2.24, 2.45) is 0 Å². The molecule has 1 heterocycles. The van der Waals surface area contributed by atoms with E-state index in [1.54, 1.807) is 28.8 Å². The number of rotatable bonds is 5. The van der Waals surface area contributed by atoms with E-state index in [4.69, 9.17) is 0 Å². The monoisotopic (exact) mass is 402 g/mol. The molecule has 1 N–H and O–H groups in total. The Morgan fingerprint density at radius 3 is 2.36 bits per heavy atom. The molecule has 148 valence electrons. The van der Waals surface area contributed by atoms with Gasteiger partial charge in [0.15, 0.2) is 9.84 Å². The molecule has 0 aliphatic carbocycles. The van der Waals surface area contributed by atoms with Crippen LogP contribution in [-0.2, 0) is 26.9 Å². The summed E-state index contributed by atoms with van der Waals surface area (Å²) >= 11 is 0. The van der Waals surface area contributed by atoms with Crippen molar-refractivity contribution < 1.29 is 17.6 Å².